The van der Waals surface area contributed by atoms with Crippen LogP contribution in [0.2, 0.25) is 0 Å². The number of Topliss-reactive ketones (excluding diaryl/α,β-unsaturated/α-hetero) is 1. The summed E-state index contributed by atoms with van der Waals surface area (Å²) in [4.78, 5) is 26.5. The largest absolute Gasteiger partial charge is 0.297 e. The predicted octanol–water partition coefficient (Wildman–Crippen LogP) is -0.508. The highest BCUT2D eigenvalue weighted by molar-refractivity contribution is 5.98. The van der Waals surface area contributed by atoms with E-state index in [0.717, 1.165) is 0 Å². The number of fused-ring (bicyclic) bond motifs is 1. The number of ketones is 1. The van der Waals surface area contributed by atoms with Crippen molar-refractivity contribution in [2.45, 2.75) is 18.9 Å². The number of hydrogen-bond acceptors (Lipinski definition) is 3. The van der Waals surface area contributed by atoms with E-state index in [0.29, 0.717) is 19.4 Å². The van der Waals surface area contributed by atoms with Gasteiger partial charge >= 0.3 is 0 Å². The molecule has 2 fully saturated rings. The molecule has 1 unspecified atom stereocenters. The lowest BCUT2D eigenvalue weighted by atomic mass is 9.98. The number of rotatable bonds is 0. The van der Waals surface area contributed by atoms with E-state index in [1.165, 1.54) is 5.06 Å². The van der Waals surface area contributed by atoms with E-state index in [-0.39, 0.29) is 17.7 Å². The van der Waals surface area contributed by atoms with Crippen molar-refractivity contribution in [1.82, 2.24) is 5.06 Å². The lowest BCUT2D eigenvalue weighted by Gasteiger charge is -2.40. The second-order valence-corrected chi connectivity index (χ2v) is 2.49. The van der Waals surface area contributed by atoms with E-state index in [1.54, 1.807) is 0 Å². The number of β-lactam (4-membered cyclic amide) rings is 1. The Balaban J connectivity index is 2.12. The Morgan fingerprint density at radius 3 is 2.90 bits per heavy atom. The van der Waals surface area contributed by atoms with Gasteiger partial charge in [0.1, 0.15) is 6.04 Å². The molecule has 0 bridgehead atoms. The van der Waals surface area contributed by atoms with Gasteiger partial charge in [-0.25, -0.2) is 5.06 Å². The van der Waals surface area contributed by atoms with Crippen LogP contribution in [0, 0.1) is 0 Å². The molecular formula is C6H7NO3. The molecule has 0 aromatic rings. The summed E-state index contributed by atoms with van der Waals surface area (Å²) in [7, 11) is 0. The fourth-order valence-electron chi connectivity index (χ4n) is 1.22. The zero-order chi connectivity index (χ0) is 7.14. The standard InChI is InChI=1S/C6H7NO3/c8-5-1-2-10-7-4(5)3-6(7)9/h4H,1-3H2. The van der Waals surface area contributed by atoms with Crippen LogP contribution in [0.15, 0.2) is 0 Å². The Bertz CT molecular complexity index is 201. The zero-order valence-corrected chi connectivity index (χ0v) is 5.37. The van der Waals surface area contributed by atoms with Crippen molar-refractivity contribution in [3.8, 4) is 0 Å². The van der Waals surface area contributed by atoms with Crippen molar-refractivity contribution in [2.75, 3.05) is 6.61 Å². The van der Waals surface area contributed by atoms with Crippen LogP contribution in [0.5, 0.6) is 0 Å². The summed E-state index contributed by atoms with van der Waals surface area (Å²) >= 11 is 0. The normalized spacial score (nSPS) is 31.6. The van der Waals surface area contributed by atoms with Gasteiger partial charge in [-0.2, -0.15) is 0 Å². The maximum Gasteiger partial charge on any atom is 0.249 e. The van der Waals surface area contributed by atoms with Crippen molar-refractivity contribution >= 4 is 11.7 Å². The summed E-state index contributed by atoms with van der Waals surface area (Å²) in [5, 5.41) is 1.19. The summed E-state index contributed by atoms with van der Waals surface area (Å²) in [6.45, 7) is 0.362. The molecule has 54 valence electrons. The van der Waals surface area contributed by atoms with Crippen molar-refractivity contribution in [3.63, 3.8) is 0 Å². The third kappa shape index (κ3) is 0.593. The quantitative estimate of drug-likeness (QED) is 0.427. The summed E-state index contributed by atoms with van der Waals surface area (Å²) in [6, 6.07) is -0.249. The minimum Gasteiger partial charge on any atom is -0.297 e. The molecule has 10 heavy (non-hydrogen) atoms. The molecule has 2 aliphatic heterocycles. The average molecular weight is 141 g/mol. The third-order valence-corrected chi connectivity index (χ3v) is 1.85. The molecule has 2 rings (SSSR count). The highest BCUT2D eigenvalue weighted by Crippen LogP contribution is 2.24. The molecule has 2 aliphatic rings. The van der Waals surface area contributed by atoms with E-state index >= 15 is 0 Å². The second kappa shape index (κ2) is 1.79. The van der Waals surface area contributed by atoms with Crippen molar-refractivity contribution in [2.24, 2.45) is 0 Å². The lowest BCUT2D eigenvalue weighted by Crippen LogP contribution is -2.59. The minimum atomic E-state index is -0.249. The number of amides is 1. The van der Waals surface area contributed by atoms with Crippen molar-refractivity contribution in [1.29, 1.82) is 0 Å². The first-order valence-corrected chi connectivity index (χ1v) is 3.27. The molecule has 0 aromatic carbocycles. The summed E-state index contributed by atoms with van der Waals surface area (Å²) in [5.41, 5.74) is 0. The third-order valence-electron chi connectivity index (χ3n) is 1.85. The van der Waals surface area contributed by atoms with Gasteiger partial charge in [-0.1, -0.05) is 0 Å². The summed E-state index contributed by atoms with van der Waals surface area (Å²) < 4.78 is 0. The fraction of sp³-hybridized carbons (Fsp3) is 0.667. The van der Waals surface area contributed by atoms with Gasteiger partial charge in [0.05, 0.1) is 13.0 Å². The van der Waals surface area contributed by atoms with Crippen LogP contribution in [0.3, 0.4) is 0 Å². The second-order valence-electron chi connectivity index (χ2n) is 2.49. The van der Waals surface area contributed by atoms with Gasteiger partial charge in [-0.15, -0.1) is 0 Å². The topological polar surface area (TPSA) is 46.6 Å². The van der Waals surface area contributed by atoms with Crippen LogP contribution in [-0.4, -0.2) is 29.4 Å². The molecule has 2 heterocycles. The average Bonchev–Trinajstić information content (AvgIpc) is 1.91. The highest BCUT2D eigenvalue weighted by atomic mass is 16.7. The van der Waals surface area contributed by atoms with E-state index in [4.69, 9.17) is 4.84 Å². The Kier molecular flexibility index (Phi) is 1.05. The number of carbonyl (C=O) groups is 2. The van der Waals surface area contributed by atoms with Gasteiger partial charge in [0.25, 0.3) is 0 Å². The fourth-order valence-corrected chi connectivity index (χ4v) is 1.22. The molecule has 0 saturated carbocycles. The molecule has 2 saturated heterocycles. The van der Waals surface area contributed by atoms with Crippen molar-refractivity contribution < 1.29 is 14.4 Å². The molecule has 0 aliphatic carbocycles. The molecule has 4 heteroatoms. The smallest absolute Gasteiger partial charge is 0.249 e. The van der Waals surface area contributed by atoms with Crippen LogP contribution >= 0.6 is 0 Å². The molecule has 1 amide bonds. The Morgan fingerprint density at radius 1 is 1.50 bits per heavy atom. The Hall–Kier alpha value is -0.900. The monoisotopic (exact) mass is 141 g/mol. The van der Waals surface area contributed by atoms with Crippen LogP contribution in [0.25, 0.3) is 0 Å². The van der Waals surface area contributed by atoms with E-state index < -0.39 is 0 Å². The van der Waals surface area contributed by atoms with Gasteiger partial charge in [-0.05, 0) is 0 Å². The zero-order valence-electron chi connectivity index (χ0n) is 5.37. The number of carbonyl (C=O) groups excluding carboxylic acids is 2. The molecule has 4 nitrogen and oxygen atoms in total. The number of hydroxylamine groups is 2. The maximum absolute atomic E-state index is 10.9. The molecule has 1 atom stereocenters. The van der Waals surface area contributed by atoms with Gasteiger partial charge in [0, 0.05) is 6.42 Å². The van der Waals surface area contributed by atoms with E-state index in [9.17, 15) is 9.59 Å². The van der Waals surface area contributed by atoms with Crippen LogP contribution in [0.4, 0.5) is 0 Å². The first-order chi connectivity index (χ1) is 4.79. The molecule has 0 radical (unpaired) electrons. The summed E-state index contributed by atoms with van der Waals surface area (Å²) in [5.74, 6) is 0.0592. The SMILES string of the molecule is O=C1CCON2C(=O)CC12. The van der Waals surface area contributed by atoms with Crippen LogP contribution in [0.1, 0.15) is 12.8 Å². The summed E-state index contributed by atoms with van der Waals surface area (Å²) in [6.07, 6.45) is 0.799. The van der Waals surface area contributed by atoms with Crippen LogP contribution < -0.4 is 0 Å². The lowest BCUT2D eigenvalue weighted by molar-refractivity contribution is -0.237. The van der Waals surface area contributed by atoms with Crippen LogP contribution in [-0.2, 0) is 14.4 Å². The van der Waals surface area contributed by atoms with Crippen molar-refractivity contribution in [3.05, 3.63) is 0 Å². The van der Waals surface area contributed by atoms with Gasteiger partial charge < -0.3 is 0 Å². The maximum atomic E-state index is 10.9. The number of hydrogen-bond donors (Lipinski definition) is 0. The first-order valence-electron chi connectivity index (χ1n) is 3.27. The minimum absolute atomic E-state index is 0.0712. The van der Waals surface area contributed by atoms with E-state index in [1.807, 2.05) is 0 Å². The Labute approximate surface area is 57.7 Å². The van der Waals surface area contributed by atoms with E-state index in [2.05, 4.69) is 0 Å². The van der Waals surface area contributed by atoms with Gasteiger partial charge in [-0.3, -0.25) is 14.4 Å². The predicted molar refractivity (Wildman–Crippen MR) is 30.8 cm³/mol. The first kappa shape index (κ1) is 5.85. The molecule has 0 N–H and O–H groups in total. The Morgan fingerprint density at radius 2 is 2.30 bits per heavy atom. The highest BCUT2D eigenvalue weighted by Gasteiger charge is 2.44. The molecule has 0 spiro atoms. The number of nitrogens with zero attached hydrogens (tertiary/aromatic N) is 1. The van der Waals surface area contributed by atoms with Gasteiger partial charge in [0.15, 0.2) is 5.78 Å². The van der Waals surface area contributed by atoms with Gasteiger partial charge in [0.2, 0.25) is 5.91 Å². The molecule has 0 aromatic heterocycles. The molecular weight excluding hydrogens is 134 g/mol.